The normalized spacial score (nSPS) is 18.2. The van der Waals surface area contributed by atoms with E-state index >= 15 is 0 Å². The first-order chi connectivity index (χ1) is 13.7. The SMILES string of the molecule is CCOC(=O)CC(C)(C)OC(=O)Oc1c2n(ccc1=O)N[C@@H]1CCCCN1C2=O. The molecule has 29 heavy (non-hydrogen) atoms. The average Bonchev–Trinajstić information content (AvgIpc) is 2.63. The number of fused-ring (bicyclic) bond motifs is 2. The maximum absolute atomic E-state index is 12.9. The Labute approximate surface area is 167 Å². The number of nitrogens with one attached hydrogen (secondary N) is 1. The Hall–Kier alpha value is -3.04. The number of ether oxygens (including phenoxy) is 3. The molecule has 2 aliphatic rings. The van der Waals surface area contributed by atoms with Crippen molar-refractivity contribution in [2.75, 3.05) is 18.6 Å². The molecule has 158 valence electrons. The van der Waals surface area contributed by atoms with Gasteiger partial charge in [-0.25, -0.2) is 4.79 Å². The van der Waals surface area contributed by atoms with Crippen LogP contribution in [-0.2, 0) is 14.3 Å². The van der Waals surface area contributed by atoms with E-state index in [4.69, 9.17) is 14.2 Å². The standard InChI is InChI=1S/C19H25N3O7/c1-4-27-14(24)11-19(2,3)29-18(26)28-16-12(23)8-10-22-15(16)17(25)21-9-6-5-7-13(21)20-22/h8,10,13,20H,4-7,9,11H2,1-3H3/t13-/m0/s1. The van der Waals surface area contributed by atoms with Crippen LogP contribution in [0.2, 0.25) is 0 Å². The second-order valence-corrected chi connectivity index (χ2v) is 7.56. The number of nitrogens with zero attached hydrogens (tertiary/aromatic N) is 2. The van der Waals surface area contributed by atoms with Crippen LogP contribution in [0, 0.1) is 0 Å². The number of hydrogen-bond donors (Lipinski definition) is 1. The van der Waals surface area contributed by atoms with Crippen LogP contribution >= 0.6 is 0 Å². The van der Waals surface area contributed by atoms with E-state index in [0.717, 1.165) is 19.3 Å². The summed E-state index contributed by atoms with van der Waals surface area (Å²) in [4.78, 5) is 50.9. The molecule has 1 N–H and O–H groups in total. The number of pyridine rings is 1. The second-order valence-electron chi connectivity index (χ2n) is 7.56. The zero-order valence-corrected chi connectivity index (χ0v) is 16.7. The van der Waals surface area contributed by atoms with Crippen LogP contribution in [-0.4, -0.2) is 52.5 Å². The summed E-state index contributed by atoms with van der Waals surface area (Å²) < 4.78 is 16.6. The van der Waals surface area contributed by atoms with Gasteiger partial charge in [0, 0.05) is 18.8 Å². The van der Waals surface area contributed by atoms with Gasteiger partial charge in [-0.15, -0.1) is 0 Å². The minimum atomic E-state index is -1.21. The predicted octanol–water partition coefficient (Wildman–Crippen LogP) is 1.60. The minimum absolute atomic E-state index is 0.0594. The van der Waals surface area contributed by atoms with Gasteiger partial charge in [-0.3, -0.25) is 19.1 Å². The van der Waals surface area contributed by atoms with Crippen molar-refractivity contribution in [1.29, 1.82) is 0 Å². The third-order valence-electron chi connectivity index (χ3n) is 4.73. The highest BCUT2D eigenvalue weighted by Gasteiger charge is 2.37. The molecule has 0 aliphatic carbocycles. The van der Waals surface area contributed by atoms with Gasteiger partial charge in [-0.05, 0) is 40.0 Å². The van der Waals surface area contributed by atoms with Crippen molar-refractivity contribution in [2.24, 2.45) is 0 Å². The molecule has 10 heteroatoms. The number of carbonyl (C=O) groups is 3. The monoisotopic (exact) mass is 407 g/mol. The number of aromatic nitrogens is 1. The highest BCUT2D eigenvalue weighted by molar-refractivity contribution is 5.97. The Bertz CT molecular complexity index is 877. The maximum Gasteiger partial charge on any atom is 0.514 e. The molecule has 1 fully saturated rings. The van der Waals surface area contributed by atoms with Gasteiger partial charge in [0.15, 0.2) is 5.69 Å². The molecule has 0 bridgehead atoms. The lowest BCUT2D eigenvalue weighted by Crippen LogP contribution is -2.56. The van der Waals surface area contributed by atoms with Crippen molar-refractivity contribution < 1.29 is 28.6 Å². The van der Waals surface area contributed by atoms with E-state index in [1.165, 1.54) is 30.8 Å². The molecule has 1 saturated heterocycles. The Morgan fingerprint density at radius 3 is 2.76 bits per heavy atom. The Morgan fingerprint density at radius 2 is 2.03 bits per heavy atom. The molecule has 0 unspecified atom stereocenters. The number of hydrogen-bond acceptors (Lipinski definition) is 8. The zero-order valence-electron chi connectivity index (χ0n) is 16.7. The van der Waals surface area contributed by atoms with E-state index in [-0.39, 0.29) is 30.8 Å². The summed E-state index contributed by atoms with van der Waals surface area (Å²) in [5.41, 5.74) is 1.25. The van der Waals surface area contributed by atoms with Gasteiger partial charge in [0.05, 0.1) is 13.0 Å². The molecule has 1 atom stereocenters. The minimum Gasteiger partial charge on any atom is -0.466 e. The largest absolute Gasteiger partial charge is 0.514 e. The van der Waals surface area contributed by atoms with Crippen molar-refractivity contribution in [3.63, 3.8) is 0 Å². The summed E-state index contributed by atoms with van der Waals surface area (Å²) in [6.45, 7) is 5.46. The predicted molar refractivity (Wildman–Crippen MR) is 101 cm³/mol. The number of rotatable bonds is 5. The topological polar surface area (TPSA) is 116 Å². The molecule has 1 aromatic rings. The summed E-state index contributed by atoms with van der Waals surface area (Å²) in [5, 5.41) is 0. The lowest BCUT2D eigenvalue weighted by molar-refractivity contribution is -0.147. The lowest BCUT2D eigenvalue weighted by Gasteiger charge is -2.41. The second kappa shape index (κ2) is 8.14. The van der Waals surface area contributed by atoms with Gasteiger partial charge in [-0.2, -0.15) is 0 Å². The fourth-order valence-electron chi connectivity index (χ4n) is 3.46. The van der Waals surface area contributed by atoms with Gasteiger partial charge in [0.25, 0.3) is 5.91 Å². The smallest absolute Gasteiger partial charge is 0.466 e. The Balaban J connectivity index is 1.80. The molecule has 1 amide bonds. The summed E-state index contributed by atoms with van der Waals surface area (Å²) in [6, 6.07) is 1.20. The molecule has 1 aromatic heterocycles. The summed E-state index contributed by atoms with van der Waals surface area (Å²) >= 11 is 0. The molecule has 3 rings (SSSR count). The molecule has 10 nitrogen and oxygen atoms in total. The molecule has 0 aromatic carbocycles. The molecule has 3 heterocycles. The highest BCUT2D eigenvalue weighted by atomic mass is 16.7. The van der Waals surface area contributed by atoms with Crippen molar-refractivity contribution in [3.8, 4) is 5.75 Å². The quantitative estimate of drug-likeness (QED) is 0.732. The van der Waals surface area contributed by atoms with Crippen molar-refractivity contribution in [2.45, 2.75) is 58.2 Å². The summed E-state index contributed by atoms with van der Waals surface area (Å²) in [5.74, 6) is -1.33. The molecule has 0 radical (unpaired) electrons. The zero-order chi connectivity index (χ0) is 21.2. The van der Waals surface area contributed by atoms with E-state index < -0.39 is 28.9 Å². The van der Waals surface area contributed by atoms with E-state index in [1.807, 2.05) is 0 Å². The summed E-state index contributed by atoms with van der Waals surface area (Å²) in [6.07, 6.45) is 2.54. The van der Waals surface area contributed by atoms with Crippen LogP contribution in [0.15, 0.2) is 17.1 Å². The first-order valence-electron chi connectivity index (χ1n) is 9.61. The van der Waals surface area contributed by atoms with Crippen molar-refractivity contribution in [1.82, 2.24) is 9.58 Å². The molecule has 0 spiro atoms. The van der Waals surface area contributed by atoms with E-state index in [0.29, 0.717) is 6.54 Å². The van der Waals surface area contributed by atoms with Gasteiger partial charge in [0.2, 0.25) is 11.2 Å². The molecular weight excluding hydrogens is 382 g/mol. The number of esters is 1. The fraction of sp³-hybridized carbons (Fsp3) is 0.579. The summed E-state index contributed by atoms with van der Waals surface area (Å²) in [7, 11) is 0. The number of amides is 1. The van der Waals surface area contributed by atoms with Gasteiger partial charge in [0.1, 0.15) is 11.8 Å². The number of piperidine rings is 1. The highest BCUT2D eigenvalue weighted by Crippen LogP contribution is 2.27. The van der Waals surface area contributed by atoms with Crippen LogP contribution < -0.4 is 15.6 Å². The first kappa shape index (κ1) is 20.7. The van der Waals surface area contributed by atoms with Gasteiger partial charge < -0.3 is 24.5 Å². The van der Waals surface area contributed by atoms with Crippen LogP contribution in [0.3, 0.4) is 0 Å². The van der Waals surface area contributed by atoms with Crippen LogP contribution in [0.1, 0.15) is 56.9 Å². The van der Waals surface area contributed by atoms with Crippen LogP contribution in [0.25, 0.3) is 0 Å². The van der Waals surface area contributed by atoms with Crippen LogP contribution in [0.4, 0.5) is 4.79 Å². The first-order valence-corrected chi connectivity index (χ1v) is 9.61. The van der Waals surface area contributed by atoms with E-state index in [1.54, 1.807) is 11.8 Å². The van der Waals surface area contributed by atoms with Crippen LogP contribution in [0.5, 0.6) is 5.75 Å². The van der Waals surface area contributed by atoms with E-state index in [2.05, 4.69) is 5.43 Å². The molecule has 2 aliphatic heterocycles. The maximum atomic E-state index is 12.9. The van der Waals surface area contributed by atoms with Crippen molar-refractivity contribution >= 4 is 18.0 Å². The van der Waals surface area contributed by atoms with Crippen molar-refractivity contribution in [3.05, 3.63) is 28.2 Å². The third kappa shape index (κ3) is 4.52. The fourth-order valence-corrected chi connectivity index (χ4v) is 3.46. The Kier molecular flexibility index (Phi) is 5.81. The van der Waals surface area contributed by atoms with Gasteiger partial charge in [-0.1, -0.05) is 0 Å². The Morgan fingerprint density at radius 1 is 1.28 bits per heavy atom. The third-order valence-corrected chi connectivity index (χ3v) is 4.73. The molecule has 0 saturated carbocycles. The van der Waals surface area contributed by atoms with Gasteiger partial charge >= 0.3 is 12.1 Å². The lowest BCUT2D eigenvalue weighted by atomic mass is 10.1. The number of carbonyl (C=O) groups excluding carboxylic acids is 3. The molecular formula is C19H25N3O7. The van der Waals surface area contributed by atoms with E-state index in [9.17, 15) is 19.2 Å². The average molecular weight is 407 g/mol.